The van der Waals surface area contributed by atoms with Crippen LogP contribution in [0.15, 0.2) is 11.6 Å². The van der Waals surface area contributed by atoms with E-state index in [0.29, 0.717) is 43.1 Å². The largest absolute Gasteiger partial charge is 0.396 e. The van der Waals surface area contributed by atoms with Gasteiger partial charge in [-0.05, 0) is 85.9 Å². The van der Waals surface area contributed by atoms with E-state index in [1.165, 1.54) is 5.57 Å². The van der Waals surface area contributed by atoms with Crippen LogP contribution in [0.2, 0.25) is 0 Å². The van der Waals surface area contributed by atoms with Gasteiger partial charge in [0.05, 0.1) is 50.8 Å². The molecule has 0 bridgehead atoms. The summed E-state index contributed by atoms with van der Waals surface area (Å²) in [5.41, 5.74) is 1.50. The van der Waals surface area contributed by atoms with Gasteiger partial charge in [-0.3, -0.25) is 0 Å². The molecule has 3 saturated carbocycles. The molecule has 5 aliphatic heterocycles. The first-order chi connectivity index (χ1) is 30.5. The smallest absolute Gasteiger partial charge is 0.187 e. The third-order valence-electron chi connectivity index (χ3n) is 18.2. The fraction of sp³-hybridized carbons (Fsp3) is 0.957. The van der Waals surface area contributed by atoms with E-state index >= 15 is 0 Å². The highest BCUT2D eigenvalue weighted by atomic mass is 16.8. The highest BCUT2D eigenvalue weighted by molar-refractivity contribution is 5.26. The van der Waals surface area contributed by atoms with E-state index in [1.807, 2.05) is 0 Å². The van der Waals surface area contributed by atoms with Gasteiger partial charge in [-0.25, -0.2) is 0 Å². The molecular formula is C46H74O18. The van der Waals surface area contributed by atoms with Crippen molar-refractivity contribution in [2.45, 2.75) is 189 Å². The van der Waals surface area contributed by atoms with Crippen LogP contribution < -0.4 is 0 Å². The molecular weight excluding hydrogens is 840 g/mol. The van der Waals surface area contributed by atoms with Gasteiger partial charge in [0.1, 0.15) is 54.9 Å². The molecule has 18 nitrogen and oxygen atoms in total. The van der Waals surface area contributed by atoms with E-state index in [-0.39, 0.29) is 41.5 Å². The number of aliphatic hydroxyl groups is 10. The molecule has 366 valence electrons. The molecule has 64 heavy (non-hydrogen) atoms. The number of fused-ring (bicyclic) bond motifs is 7. The zero-order valence-corrected chi connectivity index (χ0v) is 37.5. The maximum Gasteiger partial charge on any atom is 0.187 e. The molecule has 0 amide bonds. The second-order valence-electron chi connectivity index (χ2n) is 21.4. The van der Waals surface area contributed by atoms with Gasteiger partial charge in [0.15, 0.2) is 24.7 Å². The second-order valence-corrected chi connectivity index (χ2v) is 21.4. The zero-order valence-electron chi connectivity index (χ0n) is 37.5. The zero-order chi connectivity index (χ0) is 45.6. The van der Waals surface area contributed by atoms with Crippen molar-refractivity contribution in [2.24, 2.45) is 52.3 Å². The van der Waals surface area contributed by atoms with Crippen molar-refractivity contribution in [3.63, 3.8) is 0 Å². The molecule has 0 radical (unpaired) electrons. The molecule has 0 aromatic rings. The van der Waals surface area contributed by atoms with Crippen LogP contribution in [0.5, 0.6) is 0 Å². The number of ether oxygens (including phenoxy) is 8. The molecule has 0 aromatic heterocycles. The SMILES string of the molecule is C[C@H]1[C@H](O)[C@@H](O[C@@H]2O[C@H](CO)[C@@H](O)[C@H](O)[C@H]2O)[C@H](O[C@@H]2[C@H](O)[C@@H](O)[C@H](O[C@H]3CC[C@@]4(C)C(=CC[C@H]5[C@@H]6C[C@@H]7O[C@]8(CC[C@@H](CO)CO8)[C@@H](C)[C@@H]7[C@@]6(C)CC[C@@H]54)C3)O[C@@H]2CO)O[C@@H]1CO. The van der Waals surface area contributed by atoms with Gasteiger partial charge in [-0.15, -0.1) is 0 Å². The Morgan fingerprint density at radius 1 is 0.656 bits per heavy atom. The molecule has 10 N–H and O–H groups in total. The lowest BCUT2D eigenvalue weighted by Gasteiger charge is -2.58. The van der Waals surface area contributed by atoms with Crippen LogP contribution in [0.25, 0.3) is 0 Å². The molecule has 5 saturated heterocycles. The summed E-state index contributed by atoms with van der Waals surface area (Å²) in [4.78, 5) is 0. The Bertz CT molecular complexity index is 1640. The Balaban J connectivity index is 0.845. The second kappa shape index (κ2) is 18.4. The number of rotatable bonds is 10. The van der Waals surface area contributed by atoms with E-state index in [2.05, 4.69) is 26.8 Å². The predicted octanol–water partition coefficient (Wildman–Crippen LogP) is -0.566. The lowest BCUT2D eigenvalue weighted by Crippen LogP contribution is -2.66. The quantitative estimate of drug-likeness (QED) is 0.123. The fourth-order valence-electron chi connectivity index (χ4n) is 14.4. The molecule has 1 spiro atoms. The molecule has 9 aliphatic rings. The van der Waals surface area contributed by atoms with Crippen LogP contribution in [0.1, 0.15) is 85.5 Å². The van der Waals surface area contributed by atoms with E-state index in [4.69, 9.17) is 37.9 Å². The Labute approximate surface area is 374 Å². The summed E-state index contributed by atoms with van der Waals surface area (Å²) in [6.45, 7) is 7.62. The summed E-state index contributed by atoms with van der Waals surface area (Å²) in [6, 6.07) is 0. The molecule has 0 aromatic carbocycles. The summed E-state index contributed by atoms with van der Waals surface area (Å²) in [7, 11) is 0. The summed E-state index contributed by atoms with van der Waals surface area (Å²) in [6.07, 6.45) is -10.5. The van der Waals surface area contributed by atoms with Gasteiger partial charge in [0, 0.05) is 30.8 Å². The topological polar surface area (TPSA) is 276 Å². The van der Waals surface area contributed by atoms with Gasteiger partial charge >= 0.3 is 0 Å². The highest BCUT2D eigenvalue weighted by Gasteiger charge is 2.69. The Hall–Kier alpha value is -0.980. The van der Waals surface area contributed by atoms with Crippen molar-refractivity contribution in [3.8, 4) is 0 Å². The molecule has 0 unspecified atom stereocenters. The van der Waals surface area contributed by atoms with Crippen LogP contribution >= 0.6 is 0 Å². The van der Waals surface area contributed by atoms with Crippen LogP contribution in [0.4, 0.5) is 0 Å². The maximum atomic E-state index is 11.6. The molecule has 18 heteroatoms. The summed E-state index contributed by atoms with van der Waals surface area (Å²) in [5, 5.41) is 106. The lowest BCUT2D eigenvalue weighted by molar-refractivity contribution is -0.386. The normalized spacial score (nSPS) is 56.2. The van der Waals surface area contributed by atoms with Crippen LogP contribution in [-0.4, -0.2) is 188 Å². The van der Waals surface area contributed by atoms with Crippen molar-refractivity contribution in [1.82, 2.24) is 0 Å². The Kier molecular flexibility index (Phi) is 13.8. The minimum atomic E-state index is -1.81. The van der Waals surface area contributed by atoms with E-state index in [1.54, 1.807) is 6.92 Å². The maximum absolute atomic E-state index is 11.6. The van der Waals surface area contributed by atoms with Crippen molar-refractivity contribution in [3.05, 3.63) is 11.6 Å². The number of aliphatic hydroxyl groups excluding tert-OH is 10. The van der Waals surface area contributed by atoms with Crippen molar-refractivity contribution in [1.29, 1.82) is 0 Å². The number of allylic oxidation sites excluding steroid dienone is 1. The average molecular weight is 915 g/mol. The summed E-state index contributed by atoms with van der Waals surface area (Å²) >= 11 is 0. The monoisotopic (exact) mass is 914 g/mol. The summed E-state index contributed by atoms with van der Waals surface area (Å²) in [5.74, 6) is 1.22. The average Bonchev–Trinajstić information content (AvgIpc) is 3.74. The van der Waals surface area contributed by atoms with Crippen LogP contribution in [0.3, 0.4) is 0 Å². The molecule has 5 heterocycles. The predicted molar refractivity (Wildman–Crippen MR) is 220 cm³/mol. The molecule has 4 aliphatic carbocycles. The molecule has 8 fully saturated rings. The Morgan fingerprint density at radius 3 is 2.02 bits per heavy atom. The number of hydrogen-bond donors (Lipinski definition) is 10. The lowest BCUT2D eigenvalue weighted by atomic mass is 9.47. The number of hydrogen-bond acceptors (Lipinski definition) is 18. The van der Waals surface area contributed by atoms with E-state index in [0.717, 1.165) is 44.9 Å². The first-order valence-corrected chi connectivity index (χ1v) is 24.0. The van der Waals surface area contributed by atoms with Gasteiger partial charge in [0.2, 0.25) is 0 Å². The summed E-state index contributed by atoms with van der Waals surface area (Å²) < 4.78 is 49.5. The van der Waals surface area contributed by atoms with Crippen molar-refractivity contribution in [2.75, 3.05) is 33.0 Å². The Morgan fingerprint density at radius 2 is 1.33 bits per heavy atom. The fourth-order valence-corrected chi connectivity index (χ4v) is 14.4. The van der Waals surface area contributed by atoms with Crippen LogP contribution in [0, 0.1) is 52.3 Å². The van der Waals surface area contributed by atoms with Gasteiger partial charge in [-0.2, -0.15) is 0 Å². The highest BCUT2D eigenvalue weighted by Crippen LogP contribution is 2.70. The first kappa shape index (κ1) is 48.1. The van der Waals surface area contributed by atoms with Gasteiger partial charge in [0.25, 0.3) is 0 Å². The van der Waals surface area contributed by atoms with Crippen molar-refractivity contribution < 1.29 is 89.0 Å². The third kappa shape index (κ3) is 7.88. The molecule has 26 atom stereocenters. The van der Waals surface area contributed by atoms with Crippen LogP contribution in [-0.2, 0) is 37.9 Å². The van der Waals surface area contributed by atoms with Gasteiger partial charge < -0.3 is 89.0 Å². The minimum Gasteiger partial charge on any atom is -0.396 e. The standard InChI is InChI=1S/C46H74O18/c1-20-29(16-48)59-43(40(33(20)51)63-42-37(55)35(53)34(52)30(17-49)60-42)62-39-31(18-50)61-41(38(56)36(39)54)58-24-8-10-44(3)23(13-24)5-6-25-26(44)9-11-45(4)27(25)14-28-32(45)21(2)46(64-28)12-7-22(15-47)19-57-46/h5,20-22,24-43,47-56H,6-19H2,1-4H3/t20-,21+,22+,24+,25-,26+,27+,28+,29-,30-,31-,32+,33+,34-,35+,36-,37-,38-,39+,40-,41-,42+,43+,44+,45+,46-/m1/s1. The third-order valence-corrected chi connectivity index (χ3v) is 18.2. The van der Waals surface area contributed by atoms with Gasteiger partial charge in [-0.1, -0.05) is 39.3 Å². The van der Waals surface area contributed by atoms with Crippen molar-refractivity contribution >= 4 is 0 Å². The minimum absolute atomic E-state index is 0.0118. The van der Waals surface area contributed by atoms with E-state index < -0.39 is 118 Å². The van der Waals surface area contributed by atoms with E-state index in [9.17, 15) is 51.1 Å². The first-order valence-electron chi connectivity index (χ1n) is 24.0. The molecule has 9 rings (SSSR count).